The number of fused-ring (bicyclic) bond motifs is 3. The quantitative estimate of drug-likeness (QED) is 0.712. The minimum atomic E-state index is -0.125. The molecule has 0 bridgehead atoms. The second-order valence-corrected chi connectivity index (χ2v) is 4.83. The Kier molecular flexibility index (Phi) is 2.03. The molecule has 2 heterocycles. The van der Waals surface area contributed by atoms with Crippen LogP contribution in [0.3, 0.4) is 0 Å². The van der Waals surface area contributed by atoms with Crippen LogP contribution < -0.4 is 4.90 Å². The van der Waals surface area contributed by atoms with Crippen LogP contribution in [0.15, 0.2) is 24.3 Å². The summed E-state index contributed by atoms with van der Waals surface area (Å²) in [5.41, 5.74) is 2.52. The molecule has 1 aromatic rings. The zero-order chi connectivity index (χ0) is 11.3. The van der Waals surface area contributed by atoms with Gasteiger partial charge in [0.15, 0.2) is 0 Å². The molecule has 1 saturated heterocycles. The lowest BCUT2D eigenvalue weighted by Gasteiger charge is -2.33. The fourth-order valence-electron chi connectivity index (χ4n) is 3.42. The number of benzene rings is 1. The first kappa shape index (κ1) is 10.1. The lowest BCUT2D eigenvalue weighted by molar-refractivity contribution is -0.0294. The van der Waals surface area contributed by atoms with Gasteiger partial charge >= 0.3 is 0 Å². The molecule has 0 saturated carbocycles. The van der Waals surface area contributed by atoms with Crippen molar-refractivity contribution in [2.45, 2.75) is 18.2 Å². The Morgan fingerprint density at radius 1 is 1.31 bits per heavy atom. The van der Waals surface area contributed by atoms with Crippen LogP contribution in [0.2, 0.25) is 0 Å². The van der Waals surface area contributed by atoms with Crippen molar-refractivity contribution in [3.05, 3.63) is 29.8 Å². The summed E-state index contributed by atoms with van der Waals surface area (Å²) in [5.74, 6) is 0. The monoisotopic (exact) mass is 218 g/mol. The van der Waals surface area contributed by atoms with Gasteiger partial charge in [-0.1, -0.05) is 18.2 Å². The molecule has 2 aliphatic heterocycles. The van der Waals surface area contributed by atoms with E-state index in [-0.39, 0.29) is 5.60 Å². The number of ether oxygens (including phenoxy) is 1. The Hall–Kier alpha value is -1.06. The van der Waals surface area contributed by atoms with E-state index < -0.39 is 0 Å². The van der Waals surface area contributed by atoms with Crippen molar-refractivity contribution in [3.8, 4) is 0 Å². The van der Waals surface area contributed by atoms with Crippen LogP contribution >= 0.6 is 0 Å². The van der Waals surface area contributed by atoms with E-state index in [9.17, 15) is 0 Å². The van der Waals surface area contributed by atoms with Crippen molar-refractivity contribution in [2.24, 2.45) is 0 Å². The van der Waals surface area contributed by atoms with Crippen molar-refractivity contribution >= 4 is 5.69 Å². The van der Waals surface area contributed by atoms with Gasteiger partial charge < -0.3 is 9.64 Å². The number of hydrogen-bond donors (Lipinski definition) is 0. The summed E-state index contributed by atoms with van der Waals surface area (Å²) >= 11 is 0. The summed E-state index contributed by atoms with van der Waals surface area (Å²) in [6, 6.07) is 8.59. The van der Waals surface area contributed by atoms with Crippen LogP contribution in [0.1, 0.15) is 12.0 Å². The zero-order valence-corrected chi connectivity index (χ0v) is 10.1. The Morgan fingerprint density at radius 3 is 2.81 bits per heavy atom. The van der Waals surface area contributed by atoms with Gasteiger partial charge in [0.1, 0.15) is 11.8 Å². The molecule has 0 amide bonds. The highest BCUT2D eigenvalue weighted by atomic mass is 16.5. The molecule has 3 rings (SSSR count). The summed E-state index contributed by atoms with van der Waals surface area (Å²) in [5, 5.41) is 0. The van der Waals surface area contributed by atoms with Gasteiger partial charge in [-0.05, 0) is 19.5 Å². The lowest BCUT2D eigenvalue weighted by Crippen LogP contribution is -2.47. The first-order chi connectivity index (χ1) is 7.70. The Balaban J connectivity index is 2.20. The number of nitrogens with zero attached hydrogens (tertiary/aromatic N) is 2. The number of rotatable bonds is 1. The molecule has 0 unspecified atom stereocenters. The molecule has 1 fully saturated rings. The lowest BCUT2D eigenvalue weighted by atomic mass is 9.92. The fraction of sp³-hybridized carbons (Fsp3) is 0.538. The van der Waals surface area contributed by atoms with Crippen molar-refractivity contribution in [2.75, 3.05) is 32.6 Å². The molecular formula is C13H18N2O. The number of para-hydroxylation sites is 1. The van der Waals surface area contributed by atoms with Crippen molar-refractivity contribution < 1.29 is 4.74 Å². The van der Waals surface area contributed by atoms with E-state index in [4.69, 9.17) is 4.74 Å². The highest BCUT2D eigenvalue weighted by Crippen LogP contribution is 2.51. The number of likely N-dealkylation sites (N-methyl/N-ethyl adjacent to an activating group) is 2. The summed E-state index contributed by atoms with van der Waals surface area (Å²) in [6.45, 7) is 1.09. The molecule has 2 atom stereocenters. The van der Waals surface area contributed by atoms with Crippen LogP contribution in [-0.2, 0) is 10.3 Å². The molecule has 3 nitrogen and oxygen atoms in total. The van der Waals surface area contributed by atoms with E-state index >= 15 is 0 Å². The second kappa shape index (κ2) is 3.22. The van der Waals surface area contributed by atoms with E-state index in [0.29, 0.717) is 6.17 Å². The minimum Gasteiger partial charge on any atom is -0.370 e. The minimum absolute atomic E-state index is 0.125. The molecule has 0 N–H and O–H groups in total. The van der Waals surface area contributed by atoms with E-state index in [2.05, 4.69) is 48.2 Å². The summed E-state index contributed by atoms with van der Waals surface area (Å²) in [4.78, 5) is 4.72. The van der Waals surface area contributed by atoms with E-state index in [1.54, 1.807) is 0 Å². The SMILES string of the molecule is CO[C@@]12CCN(C)[C@@H]1N(C)c1ccccc12. The largest absolute Gasteiger partial charge is 0.370 e. The third-order valence-electron chi connectivity index (χ3n) is 4.14. The zero-order valence-electron chi connectivity index (χ0n) is 10.1. The van der Waals surface area contributed by atoms with Crippen LogP contribution in [0.4, 0.5) is 5.69 Å². The maximum atomic E-state index is 5.91. The van der Waals surface area contributed by atoms with Crippen LogP contribution in [0, 0.1) is 0 Å². The number of methoxy groups -OCH3 is 1. The van der Waals surface area contributed by atoms with Gasteiger partial charge in [-0.2, -0.15) is 0 Å². The Morgan fingerprint density at radius 2 is 2.06 bits per heavy atom. The standard InChI is InChI=1S/C13H18N2O/c1-14-9-8-13(16-3)10-6-4-5-7-11(10)15(2)12(13)14/h4-7,12H,8-9H2,1-3H3/t12-,13-/m1/s1. The topological polar surface area (TPSA) is 15.7 Å². The van der Waals surface area contributed by atoms with E-state index in [0.717, 1.165) is 13.0 Å². The van der Waals surface area contributed by atoms with Crippen molar-refractivity contribution in [1.82, 2.24) is 4.90 Å². The third-order valence-corrected chi connectivity index (χ3v) is 4.14. The van der Waals surface area contributed by atoms with E-state index in [1.165, 1.54) is 11.3 Å². The molecule has 1 aromatic carbocycles. The highest BCUT2D eigenvalue weighted by molar-refractivity contribution is 5.63. The molecule has 2 aliphatic rings. The highest BCUT2D eigenvalue weighted by Gasteiger charge is 2.55. The summed E-state index contributed by atoms with van der Waals surface area (Å²) < 4.78 is 5.91. The van der Waals surface area contributed by atoms with Crippen LogP contribution in [0.5, 0.6) is 0 Å². The van der Waals surface area contributed by atoms with E-state index in [1.807, 2.05) is 7.11 Å². The van der Waals surface area contributed by atoms with Gasteiger partial charge in [0.2, 0.25) is 0 Å². The summed E-state index contributed by atoms with van der Waals surface area (Å²) in [7, 11) is 6.17. The maximum absolute atomic E-state index is 5.91. The maximum Gasteiger partial charge on any atom is 0.130 e. The molecule has 16 heavy (non-hydrogen) atoms. The molecule has 0 aliphatic carbocycles. The predicted octanol–water partition coefficient (Wildman–Crippen LogP) is 1.64. The first-order valence-corrected chi connectivity index (χ1v) is 5.78. The average Bonchev–Trinajstić information content (AvgIpc) is 2.78. The smallest absolute Gasteiger partial charge is 0.130 e. The molecular weight excluding hydrogens is 200 g/mol. The Labute approximate surface area is 96.6 Å². The van der Waals surface area contributed by atoms with Crippen molar-refractivity contribution in [3.63, 3.8) is 0 Å². The number of likely N-dealkylation sites (tertiary alicyclic amines) is 1. The van der Waals surface area contributed by atoms with Gasteiger partial charge in [-0.15, -0.1) is 0 Å². The normalized spacial score (nSPS) is 32.9. The number of hydrogen-bond acceptors (Lipinski definition) is 3. The fourth-order valence-corrected chi connectivity index (χ4v) is 3.42. The van der Waals surface area contributed by atoms with Crippen LogP contribution in [-0.4, -0.2) is 38.8 Å². The Bertz CT molecular complexity index is 420. The van der Waals surface area contributed by atoms with Crippen LogP contribution in [0.25, 0.3) is 0 Å². The van der Waals surface area contributed by atoms with Gasteiger partial charge in [-0.3, -0.25) is 4.90 Å². The van der Waals surface area contributed by atoms with Gasteiger partial charge in [0.05, 0.1) is 0 Å². The van der Waals surface area contributed by atoms with Gasteiger partial charge in [0, 0.05) is 32.0 Å². The first-order valence-electron chi connectivity index (χ1n) is 5.78. The average molecular weight is 218 g/mol. The van der Waals surface area contributed by atoms with Gasteiger partial charge in [0.25, 0.3) is 0 Å². The molecule has 0 spiro atoms. The predicted molar refractivity (Wildman–Crippen MR) is 64.6 cm³/mol. The van der Waals surface area contributed by atoms with Crippen molar-refractivity contribution in [1.29, 1.82) is 0 Å². The second-order valence-electron chi connectivity index (χ2n) is 4.83. The molecule has 86 valence electrons. The van der Waals surface area contributed by atoms with Gasteiger partial charge in [-0.25, -0.2) is 0 Å². The summed E-state index contributed by atoms with van der Waals surface area (Å²) in [6.07, 6.45) is 1.42. The number of anilines is 1. The molecule has 0 radical (unpaired) electrons. The molecule has 0 aromatic heterocycles. The molecule has 3 heteroatoms. The third kappa shape index (κ3) is 1.00.